The van der Waals surface area contributed by atoms with Crippen LogP contribution < -0.4 is 14.9 Å². The van der Waals surface area contributed by atoms with E-state index in [2.05, 4.69) is 85.9 Å². The number of sulfonamides is 1. The summed E-state index contributed by atoms with van der Waals surface area (Å²) in [5, 5.41) is 3.70. The fourth-order valence-corrected chi connectivity index (χ4v) is 14.0. The Labute approximate surface area is 464 Å². The van der Waals surface area contributed by atoms with Crippen LogP contribution in [-0.4, -0.2) is 123 Å². The molecule has 12 nitrogen and oxygen atoms in total. The Morgan fingerprint density at radius 3 is 2.16 bits per heavy atom. The van der Waals surface area contributed by atoms with Crippen molar-refractivity contribution in [2.24, 2.45) is 5.92 Å². The molecule has 0 aromatic heterocycles. The van der Waals surface area contributed by atoms with Crippen LogP contribution in [0.5, 0.6) is 0 Å². The highest BCUT2D eigenvalue weighted by Gasteiger charge is 2.49. The van der Waals surface area contributed by atoms with Gasteiger partial charge in [0.15, 0.2) is 8.32 Å². The van der Waals surface area contributed by atoms with E-state index in [9.17, 15) is 34.8 Å². The second kappa shape index (κ2) is 25.8. The highest BCUT2D eigenvalue weighted by Crippen LogP contribution is 2.46. The van der Waals surface area contributed by atoms with Crippen LogP contribution in [0, 0.1) is 5.92 Å². The largest absolute Gasteiger partial charge is 0.501 e. The highest BCUT2D eigenvalue weighted by atomic mass is 35.5. The molecule has 3 atom stereocenters. The first-order valence-corrected chi connectivity index (χ1v) is 33.5. The maximum absolute atomic E-state index is 14.5. The third kappa shape index (κ3) is 15.3. The van der Waals surface area contributed by atoms with Crippen molar-refractivity contribution < 1.29 is 44.0 Å². The minimum absolute atomic E-state index is 0.0198. The van der Waals surface area contributed by atoms with Gasteiger partial charge in [-0.2, -0.15) is 13.2 Å². The molecule has 0 bridgehead atoms. The number of hydrogen-bond donors (Lipinski definition) is 2. The minimum atomic E-state index is -6.11. The van der Waals surface area contributed by atoms with Crippen molar-refractivity contribution in [1.29, 1.82) is 0 Å². The lowest BCUT2D eigenvalue weighted by molar-refractivity contribution is -0.0435. The molecule has 7 rings (SSSR count). The summed E-state index contributed by atoms with van der Waals surface area (Å²) >= 11 is 7.74. The molecule has 2 heterocycles. The monoisotopic (exact) mass is 1160 g/mol. The van der Waals surface area contributed by atoms with Gasteiger partial charge in [0.25, 0.3) is 25.8 Å². The van der Waals surface area contributed by atoms with E-state index in [1.54, 1.807) is 12.1 Å². The number of sulfone groups is 1. The summed E-state index contributed by atoms with van der Waals surface area (Å²) in [6.07, 6.45) is 1.88. The van der Waals surface area contributed by atoms with Gasteiger partial charge in [-0.1, -0.05) is 101 Å². The Morgan fingerprint density at radius 1 is 0.870 bits per heavy atom. The van der Waals surface area contributed by atoms with Gasteiger partial charge in [0.2, 0.25) is 0 Å². The quantitative estimate of drug-likeness (QED) is 0.0504. The number of anilines is 2. The molecular formula is C57H73ClF3N5O7S3Si. The average molecular weight is 1160 g/mol. The third-order valence-electron chi connectivity index (χ3n) is 15.2. The standard InChI is InChI=1S/C57H73ClF3N5O7S3Si/c1-8-64(9-2)38-47-39-72-36-35-66(47)34-31-45(40-74-48-15-11-10-12-16-48)62-52-28-27-49(37-53(52)75(68,69)57(59,60)61)76(70,71)63-55(67)43-21-25-46(26-22-43)65-32-29-42(30-33-65)54(73-77(6,7)56(3,4)5)51-18-14-13-17-50(51)41-19-23-44(58)24-20-41/h10-28,37,42,45,47,54,62H,8-9,29-36,38-40H2,1-7H3,(H,63,67)/t45-,47-,54?/m1/s1. The van der Waals surface area contributed by atoms with Crippen molar-refractivity contribution in [3.05, 3.63) is 137 Å². The summed E-state index contributed by atoms with van der Waals surface area (Å²) < 4.78 is 113. The molecule has 2 N–H and O–H groups in total. The smallest absolute Gasteiger partial charge is 0.410 e. The topological polar surface area (TPSA) is 138 Å². The third-order valence-corrected chi connectivity index (χ3v) is 24.0. The number of hydrogen-bond acceptors (Lipinski definition) is 12. The van der Waals surface area contributed by atoms with Gasteiger partial charge >= 0.3 is 5.51 Å². The summed E-state index contributed by atoms with van der Waals surface area (Å²) in [6, 6.07) is 34.1. The Hall–Kier alpha value is -4.44. The SMILES string of the molecule is CCN(CC)C[C@@H]1COCCN1CC[C@H](CSc1ccccc1)Nc1ccc(S(=O)(=O)NC(=O)c2ccc(N3CCC(C(O[Si](C)(C)C(C)(C)C)c4ccccc4-c4ccc(Cl)cc4)CC3)cc2)cc1S(=O)(=O)C(F)(F)F. The second-order valence-electron chi connectivity index (χ2n) is 21.3. The Balaban J connectivity index is 1.07. The van der Waals surface area contributed by atoms with Crippen molar-refractivity contribution in [2.45, 2.75) is 110 Å². The molecule has 0 radical (unpaired) electrons. The Bertz CT molecular complexity index is 2980. The number of morpholine rings is 1. The predicted molar refractivity (Wildman–Crippen MR) is 307 cm³/mol. The van der Waals surface area contributed by atoms with E-state index in [1.165, 1.54) is 23.9 Å². The van der Waals surface area contributed by atoms with E-state index in [0.29, 0.717) is 62.7 Å². The number of ether oxygens (including phenoxy) is 1. The number of nitrogens with zero attached hydrogens (tertiary/aromatic N) is 3. The molecular weight excluding hydrogens is 1080 g/mol. The van der Waals surface area contributed by atoms with E-state index in [1.807, 2.05) is 65.4 Å². The first-order valence-electron chi connectivity index (χ1n) is 26.3. The summed E-state index contributed by atoms with van der Waals surface area (Å²) in [4.78, 5) is 19.2. The van der Waals surface area contributed by atoms with E-state index in [4.69, 9.17) is 20.8 Å². The Kier molecular flexibility index (Phi) is 20.2. The normalized spacial score (nSPS) is 17.3. The van der Waals surface area contributed by atoms with E-state index < -0.39 is 61.1 Å². The summed E-state index contributed by atoms with van der Waals surface area (Å²) in [6.45, 7) is 21.5. The predicted octanol–water partition coefficient (Wildman–Crippen LogP) is 12.4. The molecule has 0 aliphatic carbocycles. The Morgan fingerprint density at radius 2 is 1.52 bits per heavy atom. The van der Waals surface area contributed by atoms with Crippen LogP contribution in [0.2, 0.25) is 23.2 Å². The number of benzene rings is 5. The number of amides is 1. The lowest BCUT2D eigenvalue weighted by atomic mass is 9.84. The van der Waals surface area contributed by atoms with Crippen molar-refractivity contribution in [3.8, 4) is 11.1 Å². The zero-order chi connectivity index (χ0) is 55.8. The summed E-state index contributed by atoms with van der Waals surface area (Å²) in [5.74, 6) is -0.499. The molecule has 5 aromatic rings. The van der Waals surface area contributed by atoms with Crippen LogP contribution >= 0.6 is 23.4 Å². The first-order chi connectivity index (χ1) is 36.4. The van der Waals surface area contributed by atoms with E-state index in [0.717, 1.165) is 71.9 Å². The first kappa shape index (κ1) is 60.2. The molecule has 2 aliphatic heterocycles. The highest BCUT2D eigenvalue weighted by molar-refractivity contribution is 7.99. The van der Waals surface area contributed by atoms with Crippen molar-refractivity contribution in [2.75, 3.05) is 75.0 Å². The number of alkyl halides is 3. The van der Waals surface area contributed by atoms with Crippen LogP contribution in [-0.2, 0) is 29.0 Å². The van der Waals surface area contributed by atoms with Crippen LogP contribution in [0.4, 0.5) is 24.5 Å². The molecule has 20 heteroatoms. The second-order valence-corrected chi connectivity index (χ2v) is 31.2. The van der Waals surface area contributed by atoms with Crippen LogP contribution in [0.1, 0.15) is 75.9 Å². The van der Waals surface area contributed by atoms with E-state index >= 15 is 0 Å². The maximum Gasteiger partial charge on any atom is 0.501 e. The van der Waals surface area contributed by atoms with Gasteiger partial charge in [0.05, 0.1) is 29.9 Å². The number of piperidine rings is 1. The summed E-state index contributed by atoms with van der Waals surface area (Å²) in [7, 11) is -13.3. The zero-order valence-electron chi connectivity index (χ0n) is 45.0. The number of nitrogens with one attached hydrogen (secondary N) is 2. The molecule has 0 saturated carbocycles. The number of thioether (sulfide) groups is 1. The number of rotatable bonds is 22. The van der Waals surface area contributed by atoms with Gasteiger partial charge in [0.1, 0.15) is 4.90 Å². The molecule has 1 unspecified atom stereocenters. The molecule has 2 saturated heterocycles. The minimum Gasteiger partial charge on any atom is -0.410 e. The molecule has 5 aromatic carbocycles. The van der Waals surface area contributed by atoms with Gasteiger partial charge in [-0.3, -0.25) is 9.69 Å². The number of halogens is 4. The maximum atomic E-state index is 14.5. The molecule has 418 valence electrons. The zero-order valence-corrected chi connectivity index (χ0v) is 49.2. The van der Waals surface area contributed by atoms with Gasteiger partial charge in [-0.25, -0.2) is 21.6 Å². The van der Waals surface area contributed by atoms with Crippen LogP contribution in [0.25, 0.3) is 11.1 Å². The van der Waals surface area contributed by atoms with Gasteiger partial charge in [-0.15, -0.1) is 11.8 Å². The molecule has 0 spiro atoms. The van der Waals surface area contributed by atoms with E-state index in [-0.39, 0.29) is 28.7 Å². The van der Waals surface area contributed by atoms with Gasteiger partial charge in [-0.05, 0) is 140 Å². The molecule has 2 fully saturated rings. The fourth-order valence-electron chi connectivity index (χ4n) is 9.59. The molecule has 1 amide bonds. The van der Waals surface area contributed by atoms with Gasteiger partial charge < -0.3 is 24.3 Å². The van der Waals surface area contributed by atoms with Crippen LogP contribution in [0.15, 0.2) is 136 Å². The average Bonchev–Trinajstić information content (AvgIpc) is 3.40. The fraction of sp³-hybridized carbons (Fsp3) is 0.456. The molecule has 2 aliphatic rings. The van der Waals surface area contributed by atoms with Crippen LogP contribution in [0.3, 0.4) is 0 Å². The van der Waals surface area contributed by atoms with Gasteiger partial charge in [0, 0.05) is 71.7 Å². The number of likely N-dealkylation sites (N-methyl/N-ethyl adjacent to an activating group) is 1. The van der Waals surface area contributed by atoms with Crippen molar-refractivity contribution in [1.82, 2.24) is 14.5 Å². The van der Waals surface area contributed by atoms with Crippen molar-refractivity contribution in [3.63, 3.8) is 0 Å². The lowest BCUT2D eigenvalue weighted by Crippen LogP contribution is -2.52. The number of carbonyl (C=O) groups excluding carboxylic acids is 1. The lowest BCUT2D eigenvalue weighted by Gasteiger charge is -2.44. The number of carbonyl (C=O) groups is 1. The molecule has 77 heavy (non-hydrogen) atoms. The summed E-state index contributed by atoms with van der Waals surface area (Å²) in [5.41, 5.74) is -2.09. The van der Waals surface area contributed by atoms with Crippen molar-refractivity contribution >= 4 is 68.8 Å².